The highest BCUT2D eigenvalue weighted by molar-refractivity contribution is 7.07. The van der Waals surface area contributed by atoms with Crippen LogP contribution in [0.25, 0.3) is 0 Å². The Bertz CT molecular complexity index is 420. The van der Waals surface area contributed by atoms with E-state index < -0.39 is 5.97 Å². The Morgan fingerprint density at radius 2 is 2.11 bits per heavy atom. The number of carboxylic acid groups (broad SMARTS) is 1. The predicted molar refractivity (Wildman–Crippen MR) is 76.3 cm³/mol. The minimum Gasteiger partial charge on any atom is -0.481 e. The van der Waals surface area contributed by atoms with Gasteiger partial charge in [0.05, 0.1) is 12.8 Å². The summed E-state index contributed by atoms with van der Waals surface area (Å²) >= 11 is 1.55. The van der Waals surface area contributed by atoms with Gasteiger partial charge in [0.25, 0.3) is 0 Å². The normalized spacial score (nSPS) is 13.0. The van der Waals surface area contributed by atoms with E-state index in [4.69, 9.17) is 5.11 Å². The predicted octanol–water partition coefficient (Wildman–Crippen LogP) is 2.69. The van der Waals surface area contributed by atoms with Crippen molar-refractivity contribution >= 4 is 23.2 Å². The summed E-state index contributed by atoms with van der Waals surface area (Å²) in [7, 11) is 0. The van der Waals surface area contributed by atoms with Crippen LogP contribution in [-0.4, -0.2) is 23.0 Å². The van der Waals surface area contributed by atoms with Crippen LogP contribution in [0.2, 0.25) is 0 Å². The van der Waals surface area contributed by atoms with Crippen molar-refractivity contribution in [3.63, 3.8) is 0 Å². The fourth-order valence-electron chi connectivity index (χ4n) is 1.98. The average Bonchev–Trinajstić information content (AvgIpc) is 2.65. The molecule has 0 fully saturated rings. The van der Waals surface area contributed by atoms with Gasteiger partial charge in [-0.15, -0.1) is 0 Å². The molecule has 1 aromatic rings. The molecule has 0 aromatic carbocycles. The van der Waals surface area contributed by atoms with Crippen molar-refractivity contribution < 1.29 is 14.7 Å². The van der Waals surface area contributed by atoms with Crippen LogP contribution in [0.1, 0.15) is 39.2 Å². The molecule has 0 aliphatic rings. The highest BCUT2D eigenvalue weighted by atomic mass is 32.1. The van der Waals surface area contributed by atoms with E-state index in [2.05, 4.69) is 5.32 Å². The molecular weight excluding hydrogens is 262 g/mol. The van der Waals surface area contributed by atoms with E-state index in [1.54, 1.807) is 11.3 Å². The third-order valence-electron chi connectivity index (χ3n) is 2.59. The lowest BCUT2D eigenvalue weighted by atomic mass is 9.87. The number of amides is 1. The van der Waals surface area contributed by atoms with Crippen molar-refractivity contribution in [2.24, 2.45) is 5.41 Å². The third-order valence-corrected chi connectivity index (χ3v) is 3.32. The smallest absolute Gasteiger partial charge is 0.305 e. The number of carboxylic acids is 1. The Kier molecular flexibility index (Phi) is 5.54. The Hall–Kier alpha value is -1.36. The molecule has 0 saturated carbocycles. The van der Waals surface area contributed by atoms with Crippen molar-refractivity contribution in [3.05, 3.63) is 22.4 Å². The standard InChI is InChI=1S/C14H21NO3S/c1-14(2,3)8-11(7-13(17)18)15-12(16)6-10-4-5-19-9-10/h4-5,9,11H,6-8H2,1-3H3,(H,15,16)(H,17,18). The molecule has 0 radical (unpaired) electrons. The molecule has 2 N–H and O–H groups in total. The number of aliphatic carboxylic acids is 1. The molecule has 1 unspecified atom stereocenters. The number of thiophene rings is 1. The summed E-state index contributed by atoms with van der Waals surface area (Å²) in [5.74, 6) is -1.00. The third kappa shape index (κ3) is 6.96. The second-order valence-corrected chi connectivity index (χ2v) is 6.72. The summed E-state index contributed by atoms with van der Waals surface area (Å²) < 4.78 is 0. The highest BCUT2D eigenvalue weighted by Crippen LogP contribution is 2.22. The number of hydrogen-bond acceptors (Lipinski definition) is 3. The zero-order chi connectivity index (χ0) is 14.5. The molecular formula is C14H21NO3S. The fraction of sp³-hybridized carbons (Fsp3) is 0.571. The van der Waals surface area contributed by atoms with Crippen molar-refractivity contribution in [1.82, 2.24) is 5.32 Å². The van der Waals surface area contributed by atoms with Crippen molar-refractivity contribution in [2.45, 2.75) is 46.1 Å². The highest BCUT2D eigenvalue weighted by Gasteiger charge is 2.22. The first kappa shape index (κ1) is 15.7. The van der Waals surface area contributed by atoms with Crippen LogP contribution in [0.15, 0.2) is 16.8 Å². The zero-order valence-electron chi connectivity index (χ0n) is 11.6. The van der Waals surface area contributed by atoms with E-state index in [9.17, 15) is 9.59 Å². The molecule has 1 amide bonds. The summed E-state index contributed by atoms with van der Waals surface area (Å²) in [6.45, 7) is 6.10. The maximum absolute atomic E-state index is 11.9. The first-order valence-electron chi connectivity index (χ1n) is 6.28. The van der Waals surface area contributed by atoms with Crippen LogP contribution >= 0.6 is 11.3 Å². The van der Waals surface area contributed by atoms with E-state index in [0.29, 0.717) is 12.8 Å². The molecule has 0 aliphatic heterocycles. The van der Waals surface area contributed by atoms with Gasteiger partial charge in [-0.05, 0) is 34.2 Å². The zero-order valence-corrected chi connectivity index (χ0v) is 12.4. The topological polar surface area (TPSA) is 66.4 Å². The first-order valence-corrected chi connectivity index (χ1v) is 7.23. The minimum atomic E-state index is -0.884. The van der Waals surface area contributed by atoms with Crippen LogP contribution in [0.3, 0.4) is 0 Å². The molecule has 5 heteroatoms. The largest absolute Gasteiger partial charge is 0.481 e. The van der Waals surface area contributed by atoms with E-state index in [-0.39, 0.29) is 23.8 Å². The van der Waals surface area contributed by atoms with Crippen molar-refractivity contribution in [3.8, 4) is 0 Å². The van der Waals surface area contributed by atoms with E-state index in [1.807, 2.05) is 37.6 Å². The molecule has 4 nitrogen and oxygen atoms in total. The number of hydrogen-bond donors (Lipinski definition) is 2. The molecule has 0 saturated heterocycles. The second kappa shape index (κ2) is 6.70. The Morgan fingerprint density at radius 3 is 2.58 bits per heavy atom. The van der Waals surface area contributed by atoms with Gasteiger partial charge < -0.3 is 10.4 Å². The molecule has 106 valence electrons. The Morgan fingerprint density at radius 1 is 1.42 bits per heavy atom. The number of nitrogens with one attached hydrogen (secondary N) is 1. The second-order valence-electron chi connectivity index (χ2n) is 5.94. The van der Waals surface area contributed by atoms with Crippen molar-refractivity contribution in [2.75, 3.05) is 0 Å². The fourth-order valence-corrected chi connectivity index (χ4v) is 2.65. The summed E-state index contributed by atoms with van der Waals surface area (Å²) in [6, 6.07) is 1.59. The van der Waals surface area contributed by atoms with Gasteiger partial charge >= 0.3 is 5.97 Å². The maximum atomic E-state index is 11.9. The molecule has 0 spiro atoms. The summed E-state index contributed by atoms with van der Waals surface area (Å²) in [6.07, 6.45) is 0.922. The maximum Gasteiger partial charge on any atom is 0.305 e. The summed E-state index contributed by atoms with van der Waals surface area (Å²) in [5, 5.41) is 15.6. The van der Waals surface area contributed by atoms with Gasteiger partial charge in [0.15, 0.2) is 0 Å². The van der Waals surface area contributed by atoms with Gasteiger partial charge in [0.2, 0.25) is 5.91 Å². The SMILES string of the molecule is CC(C)(C)CC(CC(=O)O)NC(=O)Cc1ccsc1. The molecule has 1 aromatic heterocycles. The number of rotatable bonds is 6. The lowest BCUT2D eigenvalue weighted by Gasteiger charge is -2.25. The van der Waals surface area contributed by atoms with Gasteiger partial charge in [0.1, 0.15) is 0 Å². The van der Waals surface area contributed by atoms with Crippen LogP contribution in [0, 0.1) is 5.41 Å². The average molecular weight is 283 g/mol. The lowest BCUT2D eigenvalue weighted by Crippen LogP contribution is -2.39. The molecule has 1 rings (SSSR count). The minimum absolute atomic E-state index is 0.0181. The van der Waals surface area contributed by atoms with Crippen LogP contribution < -0.4 is 5.32 Å². The van der Waals surface area contributed by atoms with Crippen LogP contribution in [-0.2, 0) is 16.0 Å². The Balaban J connectivity index is 2.55. The number of carbonyl (C=O) groups is 2. The molecule has 1 atom stereocenters. The van der Waals surface area contributed by atoms with Gasteiger partial charge in [-0.3, -0.25) is 9.59 Å². The van der Waals surface area contributed by atoms with Gasteiger partial charge in [0, 0.05) is 6.04 Å². The summed E-state index contributed by atoms with van der Waals surface area (Å²) in [4.78, 5) is 22.7. The molecule has 19 heavy (non-hydrogen) atoms. The quantitative estimate of drug-likeness (QED) is 0.843. The van der Waals surface area contributed by atoms with Crippen LogP contribution in [0.4, 0.5) is 0 Å². The van der Waals surface area contributed by atoms with E-state index in [0.717, 1.165) is 5.56 Å². The van der Waals surface area contributed by atoms with Gasteiger partial charge in [-0.2, -0.15) is 11.3 Å². The molecule has 0 bridgehead atoms. The molecule has 1 heterocycles. The lowest BCUT2D eigenvalue weighted by molar-refractivity contribution is -0.137. The monoisotopic (exact) mass is 283 g/mol. The Labute approximate surface area is 117 Å². The number of carbonyl (C=O) groups excluding carboxylic acids is 1. The first-order chi connectivity index (χ1) is 8.76. The van der Waals surface area contributed by atoms with Gasteiger partial charge in [-0.25, -0.2) is 0 Å². The summed E-state index contributed by atoms with van der Waals surface area (Å²) in [5.41, 5.74) is 0.947. The van der Waals surface area contributed by atoms with Gasteiger partial charge in [-0.1, -0.05) is 20.8 Å². The van der Waals surface area contributed by atoms with Crippen molar-refractivity contribution in [1.29, 1.82) is 0 Å². The van der Waals surface area contributed by atoms with E-state index >= 15 is 0 Å². The molecule has 0 aliphatic carbocycles. The van der Waals surface area contributed by atoms with E-state index in [1.165, 1.54) is 0 Å². The van der Waals surface area contributed by atoms with Crippen LogP contribution in [0.5, 0.6) is 0 Å².